The maximum absolute atomic E-state index is 10.6. The van der Waals surface area contributed by atoms with E-state index in [0.717, 1.165) is 0 Å². The SMILES string of the molecule is CCOc1cc(C#N)ccc1OCCC(N)=O. The van der Waals surface area contributed by atoms with E-state index in [2.05, 4.69) is 0 Å². The maximum atomic E-state index is 10.6. The summed E-state index contributed by atoms with van der Waals surface area (Å²) in [6.45, 7) is 2.51. The van der Waals surface area contributed by atoms with E-state index in [1.807, 2.05) is 13.0 Å². The zero-order valence-electron chi connectivity index (χ0n) is 9.60. The molecule has 0 aliphatic carbocycles. The molecule has 0 saturated carbocycles. The number of carbonyl (C=O) groups excluding carboxylic acids is 1. The molecular weight excluding hydrogens is 220 g/mol. The van der Waals surface area contributed by atoms with Gasteiger partial charge in [-0.15, -0.1) is 0 Å². The Labute approximate surface area is 99.7 Å². The van der Waals surface area contributed by atoms with Gasteiger partial charge in [-0.3, -0.25) is 4.79 Å². The highest BCUT2D eigenvalue weighted by Gasteiger charge is 2.06. The van der Waals surface area contributed by atoms with Crippen molar-refractivity contribution in [1.82, 2.24) is 0 Å². The van der Waals surface area contributed by atoms with Gasteiger partial charge in [0.1, 0.15) is 0 Å². The van der Waals surface area contributed by atoms with Crippen molar-refractivity contribution in [2.75, 3.05) is 13.2 Å². The lowest BCUT2D eigenvalue weighted by atomic mass is 10.2. The summed E-state index contributed by atoms with van der Waals surface area (Å²) in [5, 5.41) is 8.76. The molecule has 1 aromatic rings. The average Bonchev–Trinajstić information content (AvgIpc) is 2.31. The first-order valence-corrected chi connectivity index (χ1v) is 5.25. The van der Waals surface area contributed by atoms with Crippen molar-refractivity contribution in [3.05, 3.63) is 23.8 Å². The van der Waals surface area contributed by atoms with Gasteiger partial charge >= 0.3 is 0 Å². The minimum absolute atomic E-state index is 0.144. The first-order chi connectivity index (χ1) is 8.17. The molecule has 0 heterocycles. The van der Waals surface area contributed by atoms with E-state index >= 15 is 0 Å². The highest BCUT2D eigenvalue weighted by atomic mass is 16.5. The average molecular weight is 234 g/mol. The molecule has 0 radical (unpaired) electrons. The first kappa shape index (κ1) is 12.8. The molecule has 0 aromatic heterocycles. The van der Waals surface area contributed by atoms with Crippen LogP contribution in [0.15, 0.2) is 18.2 Å². The van der Waals surface area contributed by atoms with Gasteiger partial charge in [-0.1, -0.05) is 0 Å². The Bertz CT molecular complexity index is 438. The fraction of sp³-hybridized carbons (Fsp3) is 0.333. The highest BCUT2D eigenvalue weighted by molar-refractivity contribution is 5.73. The summed E-state index contributed by atoms with van der Waals surface area (Å²) in [5.41, 5.74) is 5.50. The molecule has 17 heavy (non-hydrogen) atoms. The van der Waals surface area contributed by atoms with Crippen LogP contribution in [0.3, 0.4) is 0 Å². The number of nitrogens with zero attached hydrogens (tertiary/aromatic N) is 1. The largest absolute Gasteiger partial charge is 0.490 e. The van der Waals surface area contributed by atoms with Gasteiger partial charge in [0, 0.05) is 6.07 Å². The molecule has 2 N–H and O–H groups in total. The minimum atomic E-state index is -0.420. The van der Waals surface area contributed by atoms with E-state index < -0.39 is 5.91 Å². The smallest absolute Gasteiger partial charge is 0.220 e. The molecule has 0 fully saturated rings. The predicted octanol–water partition coefficient (Wildman–Crippen LogP) is 1.21. The van der Waals surface area contributed by atoms with Crippen molar-refractivity contribution >= 4 is 5.91 Å². The third-order valence-electron chi connectivity index (χ3n) is 1.98. The highest BCUT2D eigenvalue weighted by Crippen LogP contribution is 2.28. The summed E-state index contributed by atoms with van der Waals surface area (Å²) in [4.78, 5) is 10.6. The Morgan fingerprint density at radius 1 is 1.41 bits per heavy atom. The van der Waals surface area contributed by atoms with Gasteiger partial charge in [0.05, 0.1) is 31.3 Å². The summed E-state index contributed by atoms with van der Waals surface area (Å²) >= 11 is 0. The van der Waals surface area contributed by atoms with Crippen LogP contribution in [0.4, 0.5) is 0 Å². The summed E-state index contributed by atoms with van der Waals surface area (Å²) < 4.78 is 10.7. The maximum Gasteiger partial charge on any atom is 0.220 e. The molecule has 0 bridgehead atoms. The van der Waals surface area contributed by atoms with E-state index in [4.69, 9.17) is 20.5 Å². The topological polar surface area (TPSA) is 85.3 Å². The van der Waals surface area contributed by atoms with Crippen molar-refractivity contribution < 1.29 is 14.3 Å². The lowest BCUT2D eigenvalue weighted by Gasteiger charge is -2.11. The second-order valence-electron chi connectivity index (χ2n) is 3.27. The molecule has 0 saturated heterocycles. The van der Waals surface area contributed by atoms with E-state index in [-0.39, 0.29) is 13.0 Å². The van der Waals surface area contributed by atoms with Gasteiger partial charge < -0.3 is 15.2 Å². The molecule has 90 valence electrons. The van der Waals surface area contributed by atoms with Crippen LogP contribution < -0.4 is 15.2 Å². The molecule has 1 rings (SSSR count). The number of nitrogens with two attached hydrogens (primary N) is 1. The van der Waals surface area contributed by atoms with E-state index in [1.165, 1.54) is 0 Å². The molecule has 0 aliphatic rings. The number of rotatable bonds is 6. The standard InChI is InChI=1S/C12H14N2O3/c1-2-16-11-7-9(8-13)3-4-10(11)17-6-5-12(14)15/h3-4,7H,2,5-6H2,1H3,(H2,14,15). The van der Waals surface area contributed by atoms with Gasteiger partial charge in [0.15, 0.2) is 11.5 Å². The zero-order valence-corrected chi connectivity index (χ0v) is 9.60. The number of amides is 1. The Morgan fingerprint density at radius 2 is 2.18 bits per heavy atom. The second kappa shape index (κ2) is 6.38. The lowest BCUT2D eigenvalue weighted by molar-refractivity contribution is -0.118. The van der Waals surface area contributed by atoms with Crippen LogP contribution in [-0.4, -0.2) is 19.1 Å². The summed E-state index contributed by atoms with van der Waals surface area (Å²) in [7, 11) is 0. The molecule has 5 nitrogen and oxygen atoms in total. The number of ether oxygens (including phenoxy) is 2. The fourth-order valence-corrected chi connectivity index (χ4v) is 1.23. The van der Waals surface area contributed by atoms with Gasteiger partial charge in [-0.2, -0.15) is 5.26 Å². The Hall–Kier alpha value is -2.22. The second-order valence-corrected chi connectivity index (χ2v) is 3.27. The molecule has 0 aliphatic heterocycles. The number of nitriles is 1. The Morgan fingerprint density at radius 3 is 2.76 bits per heavy atom. The minimum Gasteiger partial charge on any atom is -0.490 e. The molecular formula is C12H14N2O3. The van der Waals surface area contributed by atoms with E-state index in [0.29, 0.717) is 23.7 Å². The van der Waals surface area contributed by atoms with Crippen molar-refractivity contribution in [1.29, 1.82) is 5.26 Å². The molecule has 5 heteroatoms. The first-order valence-electron chi connectivity index (χ1n) is 5.25. The van der Waals surface area contributed by atoms with Gasteiger partial charge in [0.25, 0.3) is 0 Å². The van der Waals surface area contributed by atoms with Gasteiger partial charge in [-0.25, -0.2) is 0 Å². The molecule has 0 atom stereocenters. The van der Waals surface area contributed by atoms with Crippen LogP contribution in [0.1, 0.15) is 18.9 Å². The molecule has 0 spiro atoms. The third kappa shape index (κ3) is 4.03. The predicted molar refractivity (Wildman–Crippen MR) is 61.6 cm³/mol. The normalized spacial score (nSPS) is 9.41. The van der Waals surface area contributed by atoms with E-state index in [9.17, 15) is 4.79 Å². The number of carbonyl (C=O) groups is 1. The summed E-state index contributed by atoms with van der Waals surface area (Å²) in [6, 6.07) is 6.89. The molecule has 0 unspecified atom stereocenters. The summed E-state index contributed by atoms with van der Waals surface area (Å²) in [6.07, 6.45) is 0.144. The van der Waals surface area contributed by atoms with Crippen LogP contribution in [0.2, 0.25) is 0 Å². The van der Waals surface area contributed by atoms with E-state index in [1.54, 1.807) is 18.2 Å². The van der Waals surface area contributed by atoms with Crippen molar-refractivity contribution in [2.24, 2.45) is 5.73 Å². The van der Waals surface area contributed by atoms with Gasteiger partial charge in [-0.05, 0) is 19.1 Å². The Balaban J connectivity index is 2.76. The monoisotopic (exact) mass is 234 g/mol. The molecule has 1 aromatic carbocycles. The van der Waals surface area contributed by atoms with Crippen molar-refractivity contribution in [3.63, 3.8) is 0 Å². The number of hydrogen-bond acceptors (Lipinski definition) is 4. The molecule has 1 amide bonds. The zero-order chi connectivity index (χ0) is 12.7. The fourth-order valence-electron chi connectivity index (χ4n) is 1.23. The van der Waals surface area contributed by atoms with Crippen LogP contribution in [0, 0.1) is 11.3 Å². The van der Waals surface area contributed by atoms with Crippen LogP contribution in [0.5, 0.6) is 11.5 Å². The number of benzene rings is 1. The van der Waals surface area contributed by atoms with Crippen LogP contribution in [-0.2, 0) is 4.79 Å². The van der Waals surface area contributed by atoms with Gasteiger partial charge in [0.2, 0.25) is 5.91 Å². The van der Waals surface area contributed by atoms with Crippen molar-refractivity contribution in [3.8, 4) is 17.6 Å². The number of hydrogen-bond donors (Lipinski definition) is 1. The summed E-state index contributed by atoms with van der Waals surface area (Å²) in [5.74, 6) is 0.583. The lowest BCUT2D eigenvalue weighted by Crippen LogP contribution is -2.14. The van der Waals surface area contributed by atoms with Crippen molar-refractivity contribution in [2.45, 2.75) is 13.3 Å². The quantitative estimate of drug-likeness (QED) is 0.801. The number of primary amides is 1. The third-order valence-corrected chi connectivity index (χ3v) is 1.98. The van der Waals surface area contributed by atoms with Crippen LogP contribution in [0.25, 0.3) is 0 Å². The van der Waals surface area contributed by atoms with Crippen LogP contribution >= 0.6 is 0 Å². The Kier molecular flexibility index (Phi) is 4.82.